The first kappa shape index (κ1) is 18.8. The molecule has 0 unspecified atom stereocenters. The second-order valence-electron chi connectivity index (χ2n) is 8.18. The molecule has 0 radical (unpaired) electrons. The molecule has 152 valence electrons. The van der Waals surface area contributed by atoms with E-state index in [1.54, 1.807) is 0 Å². The topological polar surface area (TPSA) is 48.5 Å². The first-order valence-electron chi connectivity index (χ1n) is 10.6. The van der Waals surface area contributed by atoms with Crippen LogP contribution in [0.2, 0.25) is 0 Å². The Hall–Kier alpha value is -3.18. The van der Waals surface area contributed by atoms with E-state index in [2.05, 4.69) is 62.6 Å². The molecule has 5 rings (SSSR count). The van der Waals surface area contributed by atoms with Crippen molar-refractivity contribution in [1.82, 2.24) is 15.2 Å². The average molecular weight is 399 g/mol. The molecule has 1 spiro atoms. The van der Waals surface area contributed by atoms with Crippen molar-refractivity contribution in [2.45, 2.75) is 24.9 Å². The van der Waals surface area contributed by atoms with Gasteiger partial charge in [0.25, 0.3) is 0 Å². The number of hydrogen-bond donors (Lipinski definition) is 1. The number of rotatable bonds is 4. The van der Waals surface area contributed by atoms with Gasteiger partial charge in [0.2, 0.25) is 5.91 Å². The van der Waals surface area contributed by atoms with Crippen LogP contribution in [0.4, 0.5) is 5.69 Å². The zero-order valence-corrected chi connectivity index (χ0v) is 17.0. The number of carbonyl (C=O) groups is 1. The molecular weight excluding hydrogens is 372 g/mol. The summed E-state index contributed by atoms with van der Waals surface area (Å²) in [5.74, 6) is 0.166. The lowest BCUT2D eigenvalue weighted by Gasteiger charge is -2.43. The minimum absolute atomic E-state index is 0.166. The van der Waals surface area contributed by atoms with Gasteiger partial charge < -0.3 is 10.2 Å². The number of benzene rings is 2. The van der Waals surface area contributed by atoms with Crippen LogP contribution in [0.3, 0.4) is 0 Å². The molecule has 1 amide bonds. The van der Waals surface area contributed by atoms with Crippen LogP contribution in [-0.2, 0) is 11.3 Å². The van der Waals surface area contributed by atoms with Gasteiger partial charge in [-0.15, -0.1) is 0 Å². The summed E-state index contributed by atoms with van der Waals surface area (Å²) in [4.78, 5) is 22.0. The number of pyridine rings is 1. The second kappa shape index (κ2) is 7.92. The summed E-state index contributed by atoms with van der Waals surface area (Å²) in [6.45, 7) is 3.24. The number of amides is 1. The molecule has 30 heavy (non-hydrogen) atoms. The molecule has 0 bridgehead atoms. The highest BCUT2D eigenvalue weighted by Crippen LogP contribution is 2.36. The van der Waals surface area contributed by atoms with E-state index >= 15 is 0 Å². The number of para-hydroxylation sites is 1. The lowest BCUT2D eigenvalue weighted by molar-refractivity contribution is -0.125. The zero-order chi connectivity index (χ0) is 20.4. The van der Waals surface area contributed by atoms with E-state index in [0.717, 1.165) is 43.7 Å². The van der Waals surface area contributed by atoms with Gasteiger partial charge >= 0.3 is 0 Å². The van der Waals surface area contributed by atoms with Crippen molar-refractivity contribution in [1.29, 1.82) is 0 Å². The molecular formula is C25H26N4O. The van der Waals surface area contributed by atoms with E-state index in [9.17, 15) is 4.79 Å². The maximum Gasteiger partial charge on any atom is 0.247 e. The third-order valence-corrected chi connectivity index (χ3v) is 6.40. The maximum atomic E-state index is 12.8. The lowest BCUT2D eigenvalue weighted by atomic mass is 9.85. The largest absolute Gasteiger partial charge is 0.339 e. The summed E-state index contributed by atoms with van der Waals surface area (Å²) in [6, 6.07) is 22.9. The number of aromatic nitrogens is 1. The number of hydrogen-bond acceptors (Lipinski definition) is 4. The molecule has 1 aromatic heterocycles. The van der Waals surface area contributed by atoms with E-state index in [4.69, 9.17) is 0 Å². The molecule has 2 aliphatic rings. The summed E-state index contributed by atoms with van der Waals surface area (Å²) in [5.41, 5.74) is 4.23. The van der Waals surface area contributed by atoms with Crippen LogP contribution in [0.5, 0.6) is 0 Å². The highest BCUT2D eigenvalue weighted by Gasteiger charge is 2.50. The fraction of sp³-hybridized carbons (Fsp3) is 0.280. The van der Waals surface area contributed by atoms with Crippen LogP contribution in [0, 0.1) is 0 Å². The molecule has 3 aromatic rings. The summed E-state index contributed by atoms with van der Waals surface area (Å²) >= 11 is 0. The predicted octanol–water partition coefficient (Wildman–Crippen LogP) is 3.68. The number of anilines is 1. The molecule has 2 aromatic carbocycles. The Labute approximate surface area is 177 Å². The Kier molecular flexibility index (Phi) is 4.97. The predicted molar refractivity (Wildman–Crippen MR) is 119 cm³/mol. The van der Waals surface area contributed by atoms with E-state index in [-0.39, 0.29) is 5.91 Å². The van der Waals surface area contributed by atoms with Crippen LogP contribution in [-0.4, -0.2) is 41.1 Å². The summed E-state index contributed by atoms with van der Waals surface area (Å²) in [5, 5.41) is 3.08. The van der Waals surface area contributed by atoms with Crippen molar-refractivity contribution < 1.29 is 4.79 Å². The highest BCUT2D eigenvalue weighted by atomic mass is 16.2. The van der Waals surface area contributed by atoms with Crippen LogP contribution < -0.4 is 10.2 Å². The van der Waals surface area contributed by atoms with E-state index < -0.39 is 5.54 Å². The molecule has 5 heteroatoms. The van der Waals surface area contributed by atoms with Crippen molar-refractivity contribution >= 4 is 11.6 Å². The maximum absolute atomic E-state index is 12.8. The van der Waals surface area contributed by atoms with Crippen molar-refractivity contribution in [2.24, 2.45) is 0 Å². The quantitative estimate of drug-likeness (QED) is 0.728. The zero-order valence-electron chi connectivity index (χ0n) is 17.0. The Balaban J connectivity index is 1.29. The van der Waals surface area contributed by atoms with Gasteiger partial charge in [-0.2, -0.15) is 0 Å². The Morgan fingerprint density at radius 3 is 2.33 bits per heavy atom. The summed E-state index contributed by atoms with van der Waals surface area (Å²) in [7, 11) is 0. The summed E-state index contributed by atoms with van der Waals surface area (Å²) < 4.78 is 0. The number of piperidine rings is 1. The monoisotopic (exact) mass is 398 g/mol. The van der Waals surface area contributed by atoms with Crippen molar-refractivity contribution in [3.05, 3.63) is 84.7 Å². The molecule has 3 heterocycles. The SMILES string of the molecule is O=C1NCN(c2ccccc2)C12CCN(Cc1cncc(-c3ccccc3)c1)CC2. The third kappa shape index (κ3) is 3.46. The minimum atomic E-state index is -0.429. The standard InChI is InChI=1S/C25H26N4O/c30-24-25(29(19-27-24)23-9-5-2-6-10-23)11-13-28(14-12-25)18-20-15-22(17-26-16-20)21-7-3-1-4-8-21/h1-10,15-17H,11-14,18-19H2,(H,27,30). The van der Waals surface area contributed by atoms with Gasteiger partial charge in [-0.05, 0) is 42.2 Å². The normalized spacial score (nSPS) is 18.5. The summed E-state index contributed by atoms with van der Waals surface area (Å²) in [6.07, 6.45) is 5.54. The van der Waals surface area contributed by atoms with Gasteiger partial charge in [0.05, 0.1) is 6.67 Å². The molecule has 2 saturated heterocycles. The Morgan fingerprint density at radius 2 is 1.60 bits per heavy atom. The smallest absolute Gasteiger partial charge is 0.247 e. The van der Waals surface area contributed by atoms with E-state index in [1.165, 1.54) is 11.1 Å². The third-order valence-electron chi connectivity index (χ3n) is 6.40. The molecule has 1 N–H and O–H groups in total. The van der Waals surface area contributed by atoms with Gasteiger partial charge in [-0.3, -0.25) is 14.7 Å². The molecule has 0 atom stereocenters. The van der Waals surface area contributed by atoms with Gasteiger partial charge in [0.15, 0.2) is 0 Å². The number of nitrogens with zero attached hydrogens (tertiary/aromatic N) is 3. The van der Waals surface area contributed by atoms with E-state index in [0.29, 0.717) is 6.67 Å². The molecule has 0 saturated carbocycles. The number of nitrogens with one attached hydrogen (secondary N) is 1. The molecule has 2 fully saturated rings. The van der Waals surface area contributed by atoms with E-state index in [1.807, 2.05) is 36.7 Å². The van der Waals surface area contributed by atoms with Crippen molar-refractivity contribution in [3.8, 4) is 11.1 Å². The number of carbonyl (C=O) groups excluding carboxylic acids is 1. The molecule has 0 aliphatic carbocycles. The van der Waals surface area contributed by atoms with Crippen LogP contribution in [0.25, 0.3) is 11.1 Å². The second-order valence-corrected chi connectivity index (χ2v) is 8.18. The first-order valence-corrected chi connectivity index (χ1v) is 10.6. The van der Waals surface area contributed by atoms with Gasteiger partial charge in [-0.25, -0.2) is 0 Å². The van der Waals surface area contributed by atoms with Gasteiger partial charge in [-0.1, -0.05) is 48.5 Å². The minimum Gasteiger partial charge on any atom is -0.339 e. The van der Waals surface area contributed by atoms with Crippen LogP contribution in [0.15, 0.2) is 79.1 Å². The number of likely N-dealkylation sites (tertiary alicyclic amines) is 1. The Bertz CT molecular complexity index is 1010. The van der Waals surface area contributed by atoms with Crippen molar-refractivity contribution in [2.75, 3.05) is 24.7 Å². The van der Waals surface area contributed by atoms with Crippen molar-refractivity contribution in [3.63, 3.8) is 0 Å². The molecule has 2 aliphatic heterocycles. The lowest BCUT2D eigenvalue weighted by Crippen LogP contribution is -2.56. The highest BCUT2D eigenvalue weighted by molar-refractivity contribution is 5.93. The fourth-order valence-corrected chi connectivity index (χ4v) is 4.73. The molecule has 5 nitrogen and oxygen atoms in total. The fourth-order valence-electron chi connectivity index (χ4n) is 4.73. The average Bonchev–Trinajstić information content (AvgIpc) is 3.12. The van der Waals surface area contributed by atoms with Gasteiger partial charge in [0.1, 0.15) is 5.54 Å². The Morgan fingerprint density at radius 1 is 0.900 bits per heavy atom. The first-order chi connectivity index (χ1) is 14.7. The van der Waals surface area contributed by atoms with Crippen LogP contribution in [0.1, 0.15) is 18.4 Å². The van der Waals surface area contributed by atoms with Gasteiger partial charge in [0, 0.05) is 43.3 Å². The van der Waals surface area contributed by atoms with Crippen LogP contribution >= 0.6 is 0 Å².